The first-order chi connectivity index (χ1) is 7.24. The largest absolute Gasteiger partial charge is 0.455 e. The zero-order valence-corrected chi connectivity index (χ0v) is 9.54. The Kier molecular flexibility index (Phi) is 3.54. The number of nitrogens with zero attached hydrogens (tertiary/aromatic N) is 4. The van der Waals surface area contributed by atoms with Crippen molar-refractivity contribution in [3.05, 3.63) is 5.82 Å². The molecule has 4 nitrogen and oxygen atoms in total. The van der Waals surface area contributed by atoms with E-state index in [9.17, 15) is 13.2 Å². The standard InChI is InChI=1S/C9H15F3N4/c1-4-5-8(2,3)6-16-14-7(13-15-16)9(10,11)12/h4-6H2,1-3H3. The van der Waals surface area contributed by atoms with Crippen LogP contribution in [0.5, 0.6) is 0 Å². The predicted molar refractivity (Wildman–Crippen MR) is 51.5 cm³/mol. The molecular formula is C9H15F3N4. The van der Waals surface area contributed by atoms with Crippen LogP contribution < -0.4 is 0 Å². The minimum Gasteiger partial charge on any atom is -0.163 e. The molecule has 0 aromatic carbocycles. The molecule has 1 aromatic heterocycles. The smallest absolute Gasteiger partial charge is 0.163 e. The lowest BCUT2D eigenvalue weighted by Crippen LogP contribution is -2.21. The zero-order valence-electron chi connectivity index (χ0n) is 9.54. The fourth-order valence-electron chi connectivity index (χ4n) is 1.56. The predicted octanol–water partition coefficient (Wildman–Crippen LogP) is 2.52. The van der Waals surface area contributed by atoms with Crippen molar-refractivity contribution in [2.24, 2.45) is 5.41 Å². The molecule has 0 N–H and O–H groups in total. The number of halogens is 3. The van der Waals surface area contributed by atoms with E-state index in [0.717, 1.165) is 17.6 Å². The molecule has 0 amide bonds. The maximum Gasteiger partial charge on any atom is 0.455 e. The monoisotopic (exact) mass is 236 g/mol. The Bertz CT molecular complexity index is 343. The average Bonchev–Trinajstić information content (AvgIpc) is 2.50. The van der Waals surface area contributed by atoms with Gasteiger partial charge in [-0.15, -0.1) is 10.2 Å². The second kappa shape index (κ2) is 4.39. The van der Waals surface area contributed by atoms with E-state index in [1.807, 2.05) is 20.8 Å². The Morgan fingerprint density at radius 3 is 2.31 bits per heavy atom. The molecule has 0 fully saturated rings. The summed E-state index contributed by atoms with van der Waals surface area (Å²) < 4.78 is 36.6. The van der Waals surface area contributed by atoms with Crippen molar-refractivity contribution in [3.8, 4) is 0 Å². The topological polar surface area (TPSA) is 43.6 Å². The van der Waals surface area contributed by atoms with E-state index in [2.05, 4.69) is 15.4 Å². The second-order valence-corrected chi connectivity index (χ2v) is 4.56. The minimum atomic E-state index is -4.52. The van der Waals surface area contributed by atoms with Crippen LogP contribution in [-0.4, -0.2) is 20.2 Å². The van der Waals surface area contributed by atoms with Gasteiger partial charge in [0.1, 0.15) is 0 Å². The van der Waals surface area contributed by atoms with Gasteiger partial charge >= 0.3 is 6.18 Å². The van der Waals surface area contributed by atoms with Gasteiger partial charge in [-0.25, -0.2) is 0 Å². The molecule has 0 unspecified atom stereocenters. The molecule has 0 radical (unpaired) electrons. The molecule has 0 aliphatic carbocycles. The highest BCUT2D eigenvalue weighted by atomic mass is 19.4. The summed E-state index contributed by atoms with van der Waals surface area (Å²) in [7, 11) is 0. The first-order valence-corrected chi connectivity index (χ1v) is 5.09. The van der Waals surface area contributed by atoms with E-state index in [1.165, 1.54) is 0 Å². The van der Waals surface area contributed by atoms with Crippen LogP contribution >= 0.6 is 0 Å². The Labute approximate surface area is 91.8 Å². The van der Waals surface area contributed by atoms with Crippen molar-refractivity contribution < 1.29 is 13.2 Å². The maximum absolute atomic E-state index is 12.2. The lowest BCUT2D eigenvalue weighted by atomic mass is 9.88. The third-order valence-electron chi connectivity index (χ3n) is 2.20. The van der Waals surface area contributed by atoms with E-state index in [0.29, 0.717) is 6.54 Å². The van der Waals surface area contributed by atoms with Gasteiger partial charge in [0.25, 0.3) is 5.82 Å². The Hall–Kier alpha value is -1.14. The molecule has 0 saturated heterocycles. The van der Waals surface area contributed by atoms with Crippen LogP contribution in [0.15, 0.2) is 0 Å². The number of rotatable bonds is 4. The summed E-state index contributed by atoms with van der Waals surface area (Å²) in [6.07, 6.45) is -2.66. The summed E-state index contributed by atoms with van der Waals surface area (Å²) in [6, 6.07) is 0. The quantitative estimate of drug-likeness (QED) is 0.806. The molecule has 0 spiro atoms. The minimum absolute atomic E-state index is 0.127. The molecule has 0 aliphatic heterocycles. The molecule has 0 aliphatic rings. The average molecular weight is 236 g/mol. The molecule has 0 bridgehead atoms. The van der Waals surface area contributed by atoms with Crippen LogP contribution in [0.25, 0.3) is 0 Å². The van der Waals surface area contributed by atoms with Crippen LogP contribution in [0, 0.1) is 5.41 Å². The lowest BCUT2D eigenvalue weighted by Gasteiger charge is -2.22. The van der Waals surface area contributed by atoms with E-state index < -0.39 is 12.0 Å². The number of alkyl halides is 3. The van der Waals surface area contributed by atoms with Crippen molar-refractivity contribution in [2.45, 2.75) is 46.3 Å². The van der Waals surface area contributed by atoms with E-state index in [-0.39, 0.29) is 5.41 Å². The van der Waals surface area contributed by atoms with Crippen LogP contribution in [0.2, 0.25) is 0 Å². The number of tetrazole rings is 1. The maximum atomic E-state index is 12.2. The van der Waals surface area contributed by atoms with Crippen LogP contribution in [-0.2, 0) is 12.7 Å². The highest BCUT2D eigenvalue weighted by molar-refractivity contribution is 4.83. The molecule has 0 saturated carbocycles. The third-order valence-corrected chi connectivity index (χ3v) is 2.20. The van der Waals surface area contributed by atoms with Gasteiger partial charge in [-0.2, -0.15) is 18.0 Å². The molecular weight excluding hydrogens is 221 g/mol. The Morgan fingerprint density at radius 2 is 1.88 bits per heavy atom. The summed E-state index contributed by atoms with van der Waals surface area (Å²) in [5, 5.41) is 9.71. The summed E-state index contributed by atoms with van der Waals surface area (Å²) in [5.74, 6) is -1.18. The summed E-state index contributed by atoms with van der Waals surface area (Å²) in [6.45, 7) is 6.29. The molecule has 7 heteroatoms. The third kappa shape index (κ3) is 3.46. The highest BCUT2D eigenvalue weighted by Crippen LogP contribution is 2.26. The van der Waals surface area contributed by atoms with Gasteiger partial charge < -0.3 is 0 Å². The molecule has 1 rings (SSSR count). The van der Waals surface area contributed by atoms with Crippen molar-refractivity contribution in [2.75, 3.05) is 0 Å². The number of hydrogen-bond donors (Lipinski definition) is 0. The summed E-state index contributed by atoms with van der Waals surface area (Å²) >= 11 is 0. The van der Waals surface area contributed by atoms with E-state index in [1.54, 1.807) is 0 Å². The van der Waals surface area contributed by atoms with Gasteiger partial charge in [-0.05, 0) is 17.0 Å². The second-order valence-electron chi connectivity index (χ2n) is 4.56. The van der Waals surface area contributed by atoms with E-state index >= 15 is 0 Å². The van der Waals surface area contributed by atoms with Crippen LogP contribution in [0.4, 0.5) is 13.2 Å². The molecule has 0 atom stereocenters. The molecule has 16 heavy (non-hydrogen) atoms. The van der Waals surface area contributed by atoms with Crippen molar-refractivity contribution in [1.29, 1.82) is 0 Å². The normalized spacial score (nSPS) is 13.1. The van der Waals surface area contributed by atoms with Gasteiger partial charge in [-0.1, -0.05) is 27.2 Å². The van der Waals surface area contributed by atoms with Gasteiger partial charge in [0.2, 0.25) is 0 Å². The van der Waals surface area contributed by atoms with Crippen LogP contribution in [0.3, 0.4) is 0 Å². The van der Waals surface area contributed by atoms with Gasteiger partial charge in [0.05, 0.1) is 6.54 Å². The van der Waals surface area contributed by atoms with Gasteiger partial charge in [-0.3, -0.25) is 0 Å². The van der Waals surface area contributed by atoms with Gasteiger partial charge in [0.15, 0.2) is 0 Å². The van der Waals surface area contributed by atoms with Crippen molar-refractivity contribution in [3.63, 3.8) is 0 Å². The Balaban J connectivity index is 2.73. The SMILES string of the molecule is CCCC(C)(C)Cn1nnc(C(F)(F)F)n1. The number of hydrogen-bond acceptors (Lipinski definition) is 3. The lowest BCUT2D eigenvalue weighted by molar-refractivity contribution is -0.145. The van der Waals surface area contributed by atoms with E-state index in [4.69, 9.17) is 0 Å². The van der Waals surface area contributed by atoms with Crippen molar-refractivity contribution in [1.82, 2.24) is 20.2 Å². The number of aromatic nitrogens is 4. The molecule has 1 heterocycles. The van der Waals surface area contributed by atoms with Crippen LogP contribution in [0.1, 0.15) is 39.4 Å². The summed E-state index contributed by atoms with van der Waals surface area (Å²) in [4.78, 5) is 1.01. The fraction of sp³-hybridized carbons (Fsp3) is 0.889. The summed E-state index contributed by atoms with van der Waals surface area (Å²) in [5.41, 5.74) is -0.127. The molecule has 92 valence electrons. The first kappa shape index (κ1) is 12.9. The van der Waals surface area contributed by atoms with Crippen molar-refractivity contribution >= 4 is 0 Å². The van der Waals surface area contributed by atoms with Gasteiger partial charge in [0, 0.05) is 0 Å². The highest BCUT2D eigenvalue weighted by Gasteiger charge is 2.37. The fourth-order valence-corrected chi connectivity index (χ4v) is 1.56. The Morgan fingerprint density at radius 1 is 1.25 bits per heavy atom. The first-order valence-electron chi connectivity index (χ1n) is 5.09. The zero-order chi connectivity index (χ0) is 12.4. The molecule has 1 aromatic rings.